The van der Waals surface area contributed by atoms with Crippen molar-refractivity contribution in [2.45, 2.75) is 19.4 Å². The quantitative estimate of drug-likeness (QED) is 0.282. The fourth-order valence-corrected chi connectivity index (χ4v) is 4.28. The van der Waals surface area contributed by atoms with Crippen LogP contribution in [-0.2, 0) is 4.74 Å². The monoisotopic (exact) mass is 515 g/mol. The number of ether oxygens (including phenoxy) is 3. The number of methoxy groups -OCH3 is 2. The van der Waals surface area contributed by atoms with E-state index in [-0.39, 0.29) is 11.3 Å². The van der Waals surface area contributed by atoms with E-state index < -0.39 is 0 Å². The SMILES string of the molecule is COc1ccc(-c2cc(C(=O)c3ccc(Cl)c(C4=NC(C)(C)CO4)c3)nn2-c2ccc(OC)cc2)cc1. The molecule has 0 aliphatic carbocycles. The van der Waals surface area contributed by atoms with Crippen molar-refractivity contribution in [1.82, 2.24) is 9.78 Å². The van der Waals surface area contributed by atoms with Crippen molar-refractivity contribution in [3.8, 4) is 28.4 Å². The van der Waals surface area contributed by atoms with Gasteiger partial charge in [0.1, 0.15) is 23.8 Å². The third-order valence-electron chi connectivity index (χ3n) is 6.07. The van der Waals surface area contributed by atoms with Gasteiger partial charge >= 0.3 is 0 Å². The van der Waals surface area contributed by atoms with Gasteiger partial charge < -0.3 is 14.2 Å². The summed E-state index contributed by atoms with van der Waals surface area (Å²) in [4.78, 5) is 18.3. The lowest BCUT2D eigenvalue weighted by atomic mass is 10.0. The van der Waals surface area contributed by atoms with Gasteiger partial charge in [-0.15, -0.1) is 0 Å². The van der Waals surface area contributed by atoms with E-state index in [1.54, 1.807) is 43.2 Å². The van der Waals surface area contributed by atoms with Crippen LogP contribution in [0.4, 0.5) is 0 Å². The normalized spacial score (nSPS) is 14.1. The van der Waals surface area contributed by atoms with Crippen LogP contribution < -0.4 is 9.47 Å². The molecule has 4 aromatic rings. The van der Waals surface area contributed by atoms with Gasteiger partial charge in [0.05, 0.1) is 41.7 Å². The summed E-state index contributed by atoms with van der Waals surface area (Å²) in [7, 11) is 3.24. The summed E-state index contributed by atoms with van der Waals surface area (Å²) >= 11 is 6.45. The molecule has 37 heavy (non-hydrogen) atoms. The first-order valence-electron chi connectivity index (χ1n) is 11.7. The fourth-order valence-electron chi connectivity index (χ4n) is 4.08. The van der Waals surface area contributed by atoms with Gasteiger partial charge in [-0.25, -0.2) is 9.67 Å². The second-order valence-corrected chi connectivity index (χ2v) is 9.70. The Balaban J connectivity index is 1.57. The zero-order chi connectivity index (χ0) is 26.2. The molecule has 0 amide bonds. The van der Waals surface area contributed by atoms with E-state index in [0.717, 1.165) is 28.4 Å². The van der Waals surface area contributed by atoms with Crippen molar-refractivity contribution < 1.29 is 19.0 Å². The van der Waals surface area contributed by atoms with Crippen molar-refractivity contribution in [1.29, 1.82) is 0 Å². The number of nitrogens with zero attached hydrogens (tertiary/aromatic N) is 3. The van der Waals surface area contributed by atoms with E-state index in [4.69, 9.17) is 30.9 Å². The topological polar surface area (TPSA) is 74.9 Å². The molecule has 0 N–H and O–H groups in total. The maximum Gasteiger partial charge on any atom is 0.218 e. The molecule has 3 aromatic carbocycles. The summed E-state index contributed by atoms with van der Waals surface area (Å²) in [5.41, 5.74) is 3.41. The van der Waals surface area contributed by atoms with Crippen LogP contribution in [0.5, 0.6) is 11.5 Å². The number of hydrogen-bond acceptors (Lipinski definition) is 6. The third-order valence-corrected chi connectivity index (χ3v) is 6.40. The molecule has 0 bridgehead atoms. The van der Waals surface area contributed by atoms with Crippen molar-refractivity contribution in [2.24, 2.45) is 4.99 Å². The van der Waals surface area contributed by atoms with Gasteiger partial charge in [-0.1, -0.05) is 11.6 Å². The maximum atomic E-state index is 13.6. The fraction of sp³-hybridized carbons (Fsp3) is 0.207. The molecule has 1 aliphatic rings. The highest BCUT2D eigenvalue weighted by atomic mass is 35.5. The Bertz CT molecular complexity index is 1420. The summed E-state index contributed by atoms with van der Waals surface area (Å²) in [6.45, 7) is 4.42. The summed E-state index contributed by atoms with van der Waals surface area (Å²) in [6, 6.07) is 22.0. The predicted octanol–water partition coefficient (Wildman–Crippen LogP) is 6.00. The average Bonchev–Trinajstić information content (AvgIpc) is 3.52. The van der Waals surface area contributed by atoms with Crippen molar-refractivity contribution in [3.05, 3.63) is 94.6 Å². The second kappa shape index (κ2) is 9.75. The number of benzene rings is 3. The molecule has 0 spiro atoms. The molecule has 1 aromatic heterocycles. The molecule has 0 atom stereocenters. The molecular formula is C29H26ClN3O4. The number of aromatic nitrogens is 2. The molecule has 7 nitrogen and oxygen atoms in total. The van der Waals surface area contributed by atoms with Crippen LogP contribution in [-0.4, -0.2) is 47.8 Å². The minimum Gasteiger partial charge on any atom is -0.497 e. The molecule has 0 saturated carbocycles. The lowest BCUT2D eigenvalue weighted by Crippen LogP contribution is -2.17. The van der Waals surface area contributed by atoms with E-state index in [9.17, 15) is 4.79 Å². The Labute approximate surface area is 220 Å². The van der Waals surface area contributed by atoms with Crippen LogP contribution in [0, 0.1) is 0 Å². The molecule has 0 fully saturated rings. The highest BCUT2D eigenvalue weighted by molar-refractivity contribution is 6.34. The average molecular weight is 516 g/mol. The van der Waals surface area contributed by atoms with Crippen LogP contribution in [0.1, 0.15) is 35.5 Å². The van der Waals surface area contributed by atoms with Gasteiger partial charge in [0, 0.05) is 11.1 Å². The Morgan fingerprint density at radius 3 is 2.19 bits per heavy atom. The van der Waals surface area contributed by atoms with Gasteiger partial charge in [0.25, 0.3) is 0 Å². The Morgan fingerprint density at radius 1 is 0.946 bits per heavy atom. The van der Waals surface area contributed by atoms with Crippen molar-refractivity contribution in [3.63, 3.8) is 0 Å². The summed E-state index contributed by atoms with van der Waals surface area (Å²) in [5, 5.41) is 5.17. The molecule has 1 aliphatic heterocycles. The zero-order valence-corrected chi connectivity index (χ0v) is 21.7. The Hall–Kier alpha value is -4.10. The highest BCUT2D eigenvalue weighted by Gasteiger charge is 2.29. The van der Waals surface area contributed by atoms with Crippen LogP contribution in [0.25, 0.3) is 16.9 Å². The molecule has 0 saturated heterocycles. The molecule has 5 rings (SSSR count). The Morgan fingerprint density at radius 2 is 1.59 bits per heavy atom. The molecule has 8 heteroatoms. The van der Waals surface area contributed by atoms with E-state index in [2.05, 4.69) is 4.99 Å². The molecular weight excluding hydrogens is 490 g/mol. The van der Waals surface area contributed by atoms with Crippen LogP contribution in [0.15, 0.2) is 77.8 Å². The smallest absolute Gasteiger partial charge is 0.218 e. The molecule has 188 valence electrons. The van der Waals surface area contributed by atoms with E-state index in [1.807, 2.05) is 62.4 Å². The first-order valence-corrected chi connectivity index (χ1v) is 12.1. The standard InChI is InChI=1S/C29H26ClN3O4/c1-29(2)17-37-28(31-29)23-15-19(7-14-24(23)30)27(34)25-16-26(18-5-10-21(35-3)11-6-18)33(32-25)20-8-12-22(36-4)13-9-20/h5-16H,17H2,1-4H3. The lowest BCUT2D eigenvalue weighted by Gasteiger charge is -2.09. The minimum atomic E-state index is -0.344. The molecule has 0 radical (unpaired) electrons. The largest absolute Gasteiger partial charge is 0.497 e. The van der Waals surface area contributed by atoms with Gasteiger partial charge in [-0.2, -0.15) is 5.10 Å². The number of halogens is 1. The number of carbonyl (C=O) groups is 1. The summed E-state index contributed by atoms with van der Waals surface area (Å²) in [5.74, 6) is 1.67. The van der Waals surface area contributed by atoms with E-state index in [0.29, 0.717) is 34.3 Å². The van der Waals surface area contributed by atoms with Gasteiger partial charge in [-0.05, 0) is 86.6 Å². The highest BCUT2D eigenvalue weighted by Crippen LogP contribution is 2.30. The number of carbonyl (C=O) groups excluding carboxylic acids is 1. The zero-order valence-electron chi connectivity index (χ0n) is 21.0. The predicted molar refractivity (Wildman–Crippen MR) is 144 cm³/mol. The number of aliphatic imine (C=N–C) groups is 1. The summed E-state index contributed by atoms with van der Waals surface area (Å²) < 4.78 is 18.1. The van der Waals surface area contributed by atoms with Gasteiger partial charge in [-0.3, -0.25) is 4.79 Å². The van der Waals surface area contributed by atoms with Crippen LogP contribution >= 0.6 is 11.6 Å². The summed E-state index contributed by atoms with van der Waals surface area (Å²) in [6.07, 6.45) is 0. The maximum absolute atomic E-state index is 13.6. The van der Waals surface area contributed by atoms with Gasteiger partial charge in [0.15, 0.2) is 0 Å². The van der Waals surface area contributed by atoms with Gasteiger partial charge in [0.2, 0.25) is 11.7 Å². The van der Waals surface area contributed by atoms with Crippen molar-refractivity contribution in [2.75, 3.05) is 20.8 Å². The number of rotatable bonds is 7. The van der Waals surface area contributed by atoms with Crippen molar-refractivity contribution >= 4 is 23.3 Å². The number of hydrogen-bond donors (Lipinski definition) is 0. The molecule has 0 unspecified atom stereocenters. The van der Waals surface area contributed by atoms with Crippen LogP contribution in [0.3, 0.4) is 0 Å². The second-order valence-electron chi connectivity index (χ2n) is 9.29. The first kappa shape index (κ1) is 24.6. The minimum absolute atomic E-state index is 0.238. The third kappa shape index (κ3) is 4.95. The number of ketones is 1. The van der Waals surface area contributed by atoms with E-state index in [1.165, 1.54) is 0 Å². The van der Waals surface area contributed by atoms with E-state index >= 15 is 0 Å². The lowest BCUT2D eigenvalue weighted by molar-refractivity contribution is 0.103. The molecule has 2 heterocycles. The van der Waals surface area contributed by atoms with Crippen LogP contribution in [0.2, 0.25) is 5.02 Å². The first-order chi connectivity index (χ1) is 17.8. The Kier molecular flexibility index (Phi) is 6.48.